The number of halogens is 1. The van der Waals surface area contributed by atoms with Gasteiger partial charge in [-0.05, 0) is 72.0 Å². The van der Waals surface area contributed by atoms with Crippen molar-refractivity contribution in [3.05, 3.63) is 32.9 Å². The molecule has 0 saturated heterocycles. The maximum atomic E-state index is 13.7. The van der Waals surface area contributed by atoms with Crippen LogP contribution in [0.1, 0.15) is 63.9 Å². The van der Waals surface area contributed by atoms with Crippen molar-refractivity contribution in [3.63, 3.8) is 0 Å². The highest BCUT2D eigenvalue weighted by molar-refractivity contribution is 14.1. The third kappa shape index (κ3) is 9.54. The van der Waals surface area contributed by atoms with Crippen LogP contribution in [0.3, 0.4) is 0 Å². The Balaban J connectivity index is 1.91. The van der Waals surface area contributed by atoms with Crippen LogP contribution in [0.25, 0.3) is 0 Å². The molecule has 0 aliphatic heterocycles. The zero-order chi connectivity index (χ0) is 29.8. The van der Waals surface area contributed by atoms with Gasteiger partial charge in [-0.3, -0.25) is 9.59 Å². The monoisotopic (exact) mass is 688 g/mol. The van der Waals surface area contributed by atoms with E-state index in [0.29, 0.717) is 64.7 Å². The lowest BCUT2D eigenvalue weighted by Crippen LogP contribution is -2.55. The Morgan fingerprint density at radius 1 is 1.20 bits per heavy atom. The Kier molecular flexibility index (Phi) is 14.1. The number of hydrogen-bond donors (Lipinski definition) is 4. The van der Waals surface area contributed by atoms with Crippen molar-refractivity contribution in [2.24, 2.45) is 5.92 Å². The third-order valence-corrected chi connectivity index (χ3v) is 8.60. The van der Waals surface area contributed by atoms with E-state index < -0.39 is 18.2 Å². The number of rotatable bonds is 16. The van der Waals surface area contributed by atoms with Crippen LogP contribution >= 0.6 is 22.6 Å². The predicted molar refractivity (Wildman–Crippen MR) is 163 cm³/mol. The minimum Gasteiger partial charge on any atom is -0.493 e. The van der Waals surface area contributed by atoms with Crippen LogP contribution < -0.4 is 14.8 Å². The number of nitrogens with zero attached hydrogens (tertiary/aromatic N) is 1. The van der Waals surface area contributed by atoms with Crippen molar-refractivity contribution in [2.45, 2.75) is 83.1 Å². The van der Waals surface area contributed by atoms with Crippen LogP contribution in [0.2, 0.25) is 0 Å². The molecule has 2 amide bonds. The van der Waals surface area contributed by atoms with Gasteiger partial charge >= 0.3 is 0 Å². The number of carbonyl (C=O) groups is 2. The number of ether oxygens (including phenoxy) is 3. The first kappa shape index (κ1) is 33.6. The quantitative estimate of drug-likeness (QED) is 0.154. The lowest BCUT2D eigenvalue weighted by Gasteiger charge is -2.41. The second kappa shape index (κ2) is 17.3. The van der Waals surface area contributed by atoms with Crippen molar-refractivity contribution in [2.75, 3.05) is 40.0 Å². The van der Waals surface area contributed by atoms with E-state index >= 15 is 0 Å². The number of aliphatic hydroxyl groups excluding tert-OH is 3. The summed E-state index contributed by atoms with van der Waals surface area (Å²) in [5, 5.41) is 33.2. The van der Waals surface area contributed by atoms with Crippen molar-refractivity contribution >= 4 is 34.4 Å². The summed E-state index contributed by atoms with van der Waals surface area (Å²) in [5.41, 5.74) is 1.02. The SMILES string of the molecule is CCOCCCN(C(=O)CCC1CCCC1)C1CC(C(=O)NCCO)=CC(Oc2c(I)cc(CO)cc2OC)C1O. The molecule has 10 nitrogen and oxygen atoms in total. The Labute approximate surface area is 256 Å². The molecule has 0 heterocycles. The third-order valence-electron chi connectivity index (χ3n) is 7.79. The topological polar surface area (TPSA) is 138 Å². The number of carbonyl (C=O) groups excluding carboxylic acids is 2. The van der Waals surface area contributed by atoms with Crippen LogP contribution in [0.5, 0.6) is 11.5 Å². The van der Waals surface area contributed by atoms with Gasteiger partial charge in [-0.1, -0.05) is 25.7 Å². The number of amides is 2. The molecule has 1 aromatic carbocycles. The zero-order valence-corrected chi connectivity index (χ0v) is 26.3. The normalized spacial score (nSPS) is 20.9. The van der Waals surface area contributed by atoms with Gasteiger partial charge in [0, 0.05) is 44.7 Å². The van der Waals surface area contributed by atoms with Gasteiger partial charge in [-0.2, -0.15) is 0 Å². The first-order valence-electron chi connectivity index (χ1n) is 14.6. The first-order valence-corrected chi connectivity index (χ1v) is 15.7. The minimum atomic E-state index is -1.12. The standard InChI is InChI=1S/C30H45IN2O8/c1-3-40-14-6-12-33(27(36)10-9-20-7-4-5-8-20)24-17-22(30(38)32-11-13-34)18-25(28(24)37)41-29-23(31)15-21(19-35)16-26(29)39-2/h15-16,18,20,24-25,28,34-35,37H,3-14,17,19H2,1-2H3,(H,32,38). The molecule has 0 bridgehead atoms. The molecule has 1 fully saturated rings. The molecular weight excluding hydrogens is 643 g/mol. The van der Waals surface area contributed by atoms with Gasteiger partial charge in [0.1, 0.15) is 12.2 Å². The summed E-state index contributed by atoms with van der Waals surface area (Å²) in [6.07, 6.45) is 6.17. The van der Waals surface area contributed by atoms with Crippen LogP contribution in [0.4, 0.5) is 0 Å². The van der Waals surface area contributed by atoms with E-state index in [1.54, 1.807) is 23.1 Å². The molecule has 3 atom stereocenters. The van der Waals surface area contributed by atoms with Crippen molar-refractivity contribution in [1.82, 2.24) is 10.2 Å². The van der Waals surface area contributed by atoms with Crippen LogP contribution in [0, 0.1) is 9.49 Å². The minimum absolute atomic E-state index is 0.0484. The molecule has 2 aliphatic carbocycles. The largest absolute Gasteiger partial charge is 0.493 e. The number of methoxy groups -OCH3 is 1. The van der Waals surface area contributed by atoms with E-state index in [-0.39, 0.29) is 38.0 Å². The number of benzene rings is 1. The summed E-state index contributed by atoms with van der Waals surface area (Å²) < 4.78 is 18.0. The second-order valence-corrected chi connectivity index (χ2v) is 11.8. The van der Waals surface area contributed by atoms with Gasteiger partial charge in [0.2, 0.25) is 11.8 Å². The molecule has 3 rings (SSSR count). The molecule has 41 heavy (non-hydrogen) atoms. The van der Waals surface area contributed by atoms with Gasteiger partial charge in [-0.25, -0.2) is 0 Å². The van der Waals surface area contributed by atoms with Gasteiger partial charge in [0.15, 0.2) is 11.5 Å². The Morgan fingerprint density at radius 3 is 2.61 bits per heavy atom. The summed E-state index contributed by atoms with van der Waals surface area (Å²) in [4.78, 5) is 28.5. The summed E-state index contributed by atoms with van der Waals surface area (Å²) in [6.45, 7) is 3.07. The number of aliphatic hydroxyl groups is 3. The lowest BCUT2D eigenvalue weighted by atomic mass is 9.87. The fourth-order valence-corrected chi connectivity index (χ4v) is 6.41. The second-order valence-electron chi connectivity index (χ2n) is 10.6. The fraction of sp³-hybridized carbons (Fsp3) is 0.667. The van der Waals surface area contributed by atoms with Gasteiger partial charge in [-0.15, -0.1) is 0 Å². The summed E-state index contributed by atoms with van der Waals surface area (Å²) in [6, 6.07) is 2.73. The van der Waals surface area contributed by atoms with Gasteiger partial charge in [0.25, 0.3) is 0 Å². The maximum absolute atomic E-state index is 13.7. The molecule has 11 heteroatoms. The summed E-state index contributed by atoms with van der Waals surface area (Å²) in [7, 11) is 1.49. The molecule has 0 aromatic heterocycles. The fourth-order valence-electron chi connectivity index (χ4n) is 5.62. The van der Waals surface area contributed by atoms with E-state index in [2.05, 4.69) is 27.9 Å². The molecule has 0 radical (unpaired) electrons. The molecule has 1 aromatic rings. The van der Waals surface area contributed by atoms with E-state index in [9.17, 15) is 24.9 Å². The number of nitrogens with one attached hydrogen (secondary N) is 1. The highest BCUT2D eigenvalue weighted by atomic mass is 127. The average Bonchev–Trinajstić information content (AvgIpc) is 3.50. The van der Waals surface area contributed by atoms with E-state index in [0.717, 1.165) is 19.3 Å². The van der Waals surface area contributed by atoms with E-state index in [1.165, 1.54) is 20.0 Å². The lowest BCUT2D eigenvalue weighted by molar-refractivity contribution is -0.139. The Bertz CT molecular complexity index is 1030. The molecule has 4 N–H and O–H groups in total. The molecule has 1 saturated carbocycles. The number of hydrogen-bond acceptors (Lipinski definition) is 8. The van der Waals surface area contributed by atoms with E-state index in [4.69, 9.17) is 14.2 Å². The first-order chi connectivity index (χ1) is 19.8. The van der Waals surface area contributed by atoms with Crippen molar-refractivity contribution < 1.29 is 39.1 Å². The molecule has 3 unspecified atom stereocenters. The Morgan fingerprint density at radius 2 is 1.95 bits per heavy atom. The van der Waals surface area contributed by atoms with Gasteiger partial charge < -0.3 is 39.7 Å². The summed E-state index contributed by atoms with van der Waals surface area (Å²) in [5.74, 6) is 0.878. The molecule has 230 valence electrons. The summed E-state index contributed by atoms with van der Waals surface area (Å²) >= 11 is 2.08. The zero-order valence-electron chi connectivity index (χ0n) is 24.1. The average molecular weight is 689 g/mol. The van der Waals surface area contributed by atoms with E-state index in [1.807, 2.05) is 6.92 Å². The molecule has 0 spiro atoms. The predicted octanol–water partition coefficient (Wildman–Crippen LogP) is 2.93. The highest BCUT2D eigenvalue weighted by Gasteiger charge is 2.41. The molecule has 2 aliphatic rings. The Hall–Kier alpha value is -1.93. The van der Waals surface area contributed by atoms with Crippen LogP contribution in [0.15, 0.2) is 23.8 Å². The van der Waals surface area contributed by atoms with Crippen molar-refractivity contribution in [3.8, 4) is 11.5 Å². The van der Waals surface area contributed by atoms with Crippen LogP contribution in [-0.2, 0) is 20.9 Å². The van der Waals surface area contributed by atoms with Crippen molar-refractivity contribution in [1.29, 1.82) is 0 Å². The molecular formula is C30H45IN2O8. The highest BCUT2D eigenvalue weighted by Crippen LogP contribution is 2.37. The van der Waals surface area contributed by atoms with Crippen LogP contribution in [-0.4, -0.2) is 90.3 Å². The smallest absolute Gasteiger partial charge is 0.247 e. The maximum Gasteiger partial charge on any atom is 0.247 e. The van der Waals surface area contributed by atoms with Gasteiger partial charge in [0.05, 0.1) is 29.9 Å².